The molecule has 3 rings (SSSR count). The van der Waals surface area contributed by atoms with Gasteiger partial charge in [-0.2, -0.15) is 0 Å². The van der Waals surface area contributed by atoms with Crippen LogP contribution in [-0.4, -0.2) is 58.7 Å². The van der Waals surface area contributed by atoms with Gasteiger partial charge in [0.1, 0.15) is 5.76 Å². The molecule has 1 fully saturated rings. The van der Waals surface area contributed by atoms with E-state index < -0.39 is 28.4 Å². The molecule has 0 bridgehead atoms. The molecular formula is C24H27N3O5. The summed E-state index contributed by atoms with van der Waals surface area (Å²) in [7, 11) is 3.86. The van der Waals surface area contributed by atoms with Crippen molar-refractivity contribution < 1.29 is 19.6 Å². The Morgan fingerprint density at radius 1 is 1.16 bits per heavy atom. The lowest BCUT2D eigenvalue weighted by Gasteiger charge is -2.26. The number of nitro groups is 1. The average molecular weight is 437 g/mol. The largest absolute Gasteiger partial charge is 0.507 e. The normalized spacial score (nSPS) is 17.9. The highest BCUT2D eigenvalue weighted by Crippen LogP contribution is 2.39. The van der Waals surface area contributed by atoms with E-state index in [-0.39, 0.29) is 16.8 Å². The third-order valence-electron chi connectivity index (χ3n) is 5.58. The van der Waals surface area contributed by atoms with Crippen molar-refractivity contribution in [2.24, 2.45) is 0 Å². The highest BCUT2D eigenvalue weighted by Gasteiger charge is 2.45. The van der Waals surface area contributed by atoms with Crippen LogP contribution >= 0.6 is 0 Å². The smallest absolute Gasteiger partial charge is 0.295 e. The zero-order valence-corrected chi connectivity index (χ0v) is 18.4. The van der Waals surface area contributed by atoms with E-state index in [2.05, 4.69) is 0 Å². The molecule has 1 amide bonds. The molecule has 8 nitrogen and oxygen atoms in total. The van der Waals surface area contributed by atoms with Crippen molar-refractivity contribution in [2.45, 2.75) is 25.8 Å². The topological polar surface area (TPSA) is 104 Å². The van der Waals surface area contributed by atoms with Gasteiger partial charge >= 0.3 is 0 Å². The summed E-state index contributed by atoms with van der Waals surface area (Å²) < 4.78 is 0. The molecule has 2 aromatic carbocycles. The molecule has 32 heavy (non-hydrogen) atoms. The molecule has 0 aliphatic carbocycles. The van der Waals surface area contributed by atoms with Gasteiger partial charge in [-0.3, -0.25) is 19.7 Å². The summed E-state index contributed by atoms with van der Waals surface area (Å²) >= 11 is 0. The summed E-state index contributed by atoms with van der Waals surface area (Å²) in [6, 6.07) is 12.2. The lowest BCUT2D eigenvalue weighted by atomic mass is 9.94. The summed E-state index contributed by atoms with van der Waals surface area (Å²) in [6.07, 6.45) is 1.50. The molecule has 1 unspecified atom stereocenters. The minimum Gasteiger partial charge on any atom is -0.507 e. The van der Waals surface area contributed by atoms with Crippen LogP contribution < -0.4 is 0 Å². The standard InChI is InChI=1S/C24H27N3O5/c1-4-16-9-11-17(12-10-16)21-20(22(28)18-7-5-8-19(15-18)27(31)32)23(29)24(30)26(21)14-6-13-25(2)3/h5,7-12,15,21,28H,4,6,13-14H2,1-3H3/b22-20-. The molecule has 2 aromatic rings. The zero-order valence-electron chi connectivity index (χ0n) is 18.4. The molecule has 1 saturated heterocycles. The van der Waals surface area contributed by atoms with Gasteiger partial charge in [0.05, 0.1) is 16.5 Å². The fourth-order valence-electron chi connectivity index (χ4n) is 3.87. The Hall–Kier alpha value is -3.52. The lowest BCUT2D eigenvalue weighted by molar-refractivity contribution is -0.384. The Kier molecular flexibility index (Phi) is 7.05. The van der Waals surface area contributed by atoms with Crippen LogP contribution in [0.5, 0.6) is 0 Å². The molecular weight excluding hydrogens is 410 g/mol. The van der Waals surface area contributed by atoms with Crippen molar-refractivity contribution >= 4 is 23.1 Å². The number of likely N-dealkylation sites (tertiary alicyclic amines) is 1. The maximum atomic E-state index is 13.0. The van der Waals surface area contributed by atoms with Gasteiger partial charge in [-0.15, -0.1) is 0 Å². The molecule has 0 spiro atoms. The number of Topliss-reactive ketones (excluding diaryl/α,β-unsaturated/α-hetero) is 1. The SMILES string of the molecule is CCc1ccc(C2/C(=C(/O)c3cccc([N+](=O)[O-])c3)C(=O)C(=O)N2CCCN(C)C)cc1. The van der Waals surface area contributed by atoms with Gasteiger partial charge in [0.2, 0.25) is 0 Å². The summed E-state index contributed by atoms with van der Waals surface area (Å²) in [6.45, 7) is 3.11. The van der Waals surface area contributed by atoms with Gasteiger partial charge in [-0.05, 0) is 44.6 Å². The molecule has 0 aromatic heterocycles. The van der Waals surface area contributed by atoms with E-state index in [1.165, 1.54) is 29.2 Å². The number of non-ortho nitro benzene ring substituents is 1. The van der Waals surface area contributed by atoms with Crippen LogP contribution in [0.25, 0.3) is 5.76 Å². The summed E-state index contributed by atoms with van der Waals surface area (Å²) in [5.74, 6) is -1.88. The predicted octanol–water partition coefficient (Wildman–Crippen LogP) is 3.53. The van der Waals surface area contributed by atoms with Crippen LogP contribution in [0.3, 0.4) is 0 Å². The number of nitrogens with zero attached hydrogens (tertiary/aromatic N) is 3. The van der Waals surface area contributed by atoms with Gasteiger partial charge in [-0.25, -0.2) is 0 Å². The van der Waals surface area contributed by atoms with E-state index in [0.29, 0.717) is 18.5 Å². The van der Waals surface area contributed by atoms with Crippen molar-refractivity contribution in [1.29, 1.82) is 0 Å². The number of aryl methyl sites for hydroxylation is 1. The molecule has 1 aliphatic rings. The molecule has 1 atom stereocenters. The van der Waals surface area contributed by atoms with Crippen LogP contribution in [0.2, 0.25) is 0 Å². The first-order valence-corrected chi connectivity index (χ1v) is 10.5. The predicted molar refractivity (Wildman–Crippen MR) is 121 cm³/mol. The second kappa shape index (κ2) is 9.74. The minimum atomic E-state index is -0.788. The van der Waals surface area contributed by atoms with Gasteiger partial charge < -0.3 is 14.9 Å². The number of benzene rings is 2. The number of carbonyl (C=O) groups excluding carboxylic acids is 2. The highest BCUT2D eigenvalue weighted by atomic mass is 16.6. The highest BCUT2D eigenvalue weighted by molar-refractivity contribution is 6.46. The van der Waals surface area contributed by atoms with Crippen LogP contribution in [-0.2, 0) is 16.0 Å². The molecule has 1 aliphatic heterocycles. The first kappa shape index (κ1) is 23.1. The fraction of sp³-hybridized carbons (Fsp3) is 0.333. The zero-order chi connectivity index (χ0) is 23.4. The lowest BCUT2D eigenvalue weighted by Crippen LogP contribution is -2.32. The number of carbonyl (C=O) groups is 2. The summed E-state index contributed by atoms with van der Waals surface area (Å²) in [4.78, 5) is 40.0. The maximum absolute atomic E-state index is 13.0. The van der Waals surface area contributed by atoms with E-state index in [1.807, 2.05) is 50.2 Å². The van der Waals surface area contributed by atoms with Gasteiger partial charge in [0, 0.05) is 24.2 Å². The first-order valence-electron chi connectivity index (χ1n) is 10.5. The van der Waals surface area contributed by atoms with E-state index in [0.717, 1.165) is 18.5 Å². The van der Waals surface area contributed by atoms with Crippen molar-refractivity contribution in [3.63, 3.8) is 0 Å². The Labute approximate surface area is 186 Å². The van der Waals surface area contributed by atoms with E-state index >= 15 is 0 Å². The Morgan fingerprint density at radius 3 is 2.44 bits per heavy atom. The second-order valence-electron chi connectivity index (χ2n) is 8.05. The van der Waals surface area contributed by atoms with Crippen molar-refractivity contribution in [3.8, 4) is 0 Å². The minimum absolute atomic E-state index is 0.0513. The monoisotopic (exact) mass is 437 g/mol. The van der Waals surface area contributed by atoms with Crippen LogP contribution in [0, 0.1) is 10.1 Å². The van der Waals surface area contributed by atoms with Crippen LogP contribution in [0.15, 0.2) is 54.1 Å². The number of amides is 1. The number of ketones is 1. The van der Waals surface area contributed by atoms with Crippen LogP contribution in [0.4, 0.5) is 5.69 Å². The second-order valence-corrected chi connectivity index (χ2v) is 8.05. The average Bonchev–Trinajstić information content (AvgIpc) is 3.03. The van der Waals surface area contributed by atoms with Gasteiger partial charge in [0.15, 0.2) is 0 Å². The molecule has 1 N–H and O–H groups in total. The number of rotatable bonds is 8. The van der Waals surface area contributed by atoms with E-state index in [1.54, 1.807) is 0 Å². The van der Waals surface area contributed by atoms with Crippen LogP contribution in [0.1, 0.15) is 36.1 Å². The number of aliphatic hydroxyl groups is 1. The van der Waals surface area contributed by atoms with Crippen molar-refractivity contribution in [3.05, 3.63) is 80.9 Å². The molecule has 0 saturated carbocycles. The molecule has 1 heterocycles. The Balaban J connectivity index is 2.11. The van der Waals surface area contributed by atoms with Crippen molar-refractivity contribution in [1.82, 2.24) is 9.80 Å². The number of nitro benzene ring substituents is 1. The molecule has 8 heteroatoms. The summed E-state index contributed by atoms with van der Waals surface area (Å²) in [5, 5.41) is 22.2. The number of aliphatic hydroxyl groups excluding tert-OH is 1. The third kappa shape index (κ3) is 4.70. The van der Waals surface area contributed by atoms with Crippen molar-refractivity contribution in [2.75, 3.05) is 27.2 Å². The third-order valence-corrected chi connectivity index (χ3v) is 5.58. The number of hydrogen-bond donors (Lipinski definition) is 1. The van der Waals surface area contributed by atoms with E-state index in [9.17, 15) is 24.8 Å². The summed E-state index contributed by atoms with van der Waals surface area (Å²) in [5.41, 5.74) is 1.68. The first-order chi connectivity index (χ1) is 15.2. The fourth-order valence-corrected chi connectivity index (χ4v) is 3.87. The Morgan fingerprint density at radius 2 is 1.84 bits per heavy atom. The van der Waals surface area contributed by atoms with Gasteiger partial charge in [-0.1, -0.05) is 43.3 Å². The Bertz CT molecular complexity index is 1060. The quantitative estimate of drug-likeness (QED) is 0.223. The molecule has 168 valence electrons. The van der Waals surface area contributed by atoms with E-state index in [4.69, 9.17) is 0 Å². The molecule has 0 radical (unpaired) electrons. The van der Waals surface area contributed by atoms with Gasteiger partial charge in [0.25, 0.3) is 17.4 Å². The maximum Gasteiger partial charge on any atom is 0.295 e. The number of hydrogen-bond acceptors (Lipinski definition) is 6.